The molecule has 1 fully saturated rings. The van der Waals surface area contributed by atoms with Gasteiger partial charge < -0.3 is 15.0 Å². The molecule has 4 rings (SSSR count). The lowest BCUT2D eigenvalue weighted by molar-refractivity contribution is -0.00801. The molecule has 8 nitrogen and oxygen atoms in total. The molecule has 1 N–H and O–H groups in total. The van der Waals surface area contributed by atoms with E-state index in [1.807, 2.05) is 31.7 Å². The number of aromatic nitrogens is 4. The lowest BCUT2D eigenvalue weighted by Crippen LogP contribution is -2.48. The minimum atomic E-state index is -0.254. The maximum absolute atomic E-state index is 13.1. The Morgan fingerprint density at radius 2 is 2.13 bits per heavy atom. The molecular weight excluding hydrogens is 385 g/mol. The number of rotatable bonds is 5. The van der Waals surface area contributed by atoms with E-state index in [1.54, 1.807) is 28.5 Å². The van der Waals surface area contributed by atoms with Gasteiger partial charge in [-0.05, 0) is 30.3 Å². The van der Waals surface area contributed by atoms with Crippen molar-refractivity contribution in [1.82, 2.24) is 29.8 Å². The topological polar surface area (TPSA) is 72.5 Å². The Hall–Kier alpha value is -3.20. The van der Waals surface area contributed by atoms with Gasteiger partial charge in [-0.3, -0.25) is 9.67 Å². The monoisotopic (exact) mass is 411 g/mol. The summed E-state index contributed by atoms with van der Waals surface area (Å²) in [4.78, 5) is 6.64. The molecule has 9 heteroatoms. The fourth-order valence-electron chi connectivity index (χ4n) is 3.52. The molecule has 1 aliphatic heterocycles. The number of aryl methyl sites for hydroxylation is 1. The van der Waals surface area contributed by atoms with Crippen molar-refractivity contribution >= 4 is 5.96 Å². The lowest BCUT2D eigenvalue weighted by atomic mass is 10.1. The minimum Gasteiger partial charge on any atom is -0.370 e. The molecule has 1 unspecified atom stereocenters. The number of halogens is 1. The van der Waals surface area contributed by atoms with Crippen molar-refractivity contribution in [3.05, 3.63) is 66.0 Å². The largest absolute Gasteiger partial charge is 0.370 e. The van der Waals surface area contributed by atoms with E-state index in [1.165, 1.54) is 12.1 Å². The standard InChI is InChI=1S/C21H26FN7O/c1-23-21(28-11-12-30-20(15-28)16-13-25-27(2)14-16)24-9-7-18-8-10-29(26-18)19-5-3-17(22)4-6-19/h3-6,8,10,13-14,20H,7,9,11-12,15H2,1-2H3,(H,23,24). The average Bonchev–Trinajstić information content (AvgIpc) is 3.41. The summed E-state index contributed by atoms with van der Waals surface area (Å²) in [5, 5.41) is 12.2. The first-order valence-electron chi connectivity index (χ1n) is 9.98. The Balaban J connectivity index is 1.31. The van der Waals surface area contributed by atoms with E-state index in [-0.39, 0.29) is 11.9 Å². The molecule has 2 aromatic heterocycles. The second kappa shape index (κ2) is 9.08. The Bertz CT molecular complexity index is 995. The summed E-state index contributed by atoms with van der Waals surface area (Å²) in [7, 11) is 3.70. The van der Waals surface area contributed by atoms with Crippen molar-refractivity contribution in [2.24, 2.45) is 12.0 Å². The van der Waals surface area contributed by atoms with Crippen molar-refractivity contribution in [3.8, 4) is 5.69 Å². The van der Waals surface area contributed by atoms with Crippen LogP contribution in [0.3, 0.4) is 0 Å². The van der Waals surface area contributed by atoms with Gasteiger partial charge in [-0.1, -0.05) is 0 Å². The van der Waals surface area contributed by atoms with Crippen LogP contribution in [0.25, 0.3) is 5.69 Å². The van der Waals surface area contributed by atoms with Gasteiger partial charge in [0.2, 0.25) is 0 Å². The van der Waals surface area contributed by atoms with Crippen molar-refractivity contribution in [2.45, 2.75) is 12.5 Å². The third-order valence-corrected chi connectivity index (χ3v) is 5.07. The third kappa shape index (κ3) is 4.68. The molecule has 0 aliphatic carbocycles. The van der Waals surface area contributed by atoms with Gasteiger partial charge in [0, 0.05) is 51.6 Å². The number of nitrogens with zero attached hydrogens (tertiary/aromatic N) is 6. The third-order valence-electron chi connectivity index (χ3n) is 5.07. The van der Waals surface area contributed by atoms with Crippen LogP contribution in [0.15, 0.2) is 53.9 Å². The molecular formula is C21H26FN7O. The predicted molar refractivity (Wildman–Crippen MR) is 112 cm³/mol. The van der Waals surface area contributed by atoms with Crippen molar-refractivity contribution in [1.29, 1.82) is 0 Å². The number of ether oxygens (including phenoxy) is 1. The molecule has 3 heterocycles. The fraction of sp³-hybridized carbons (Fsp3) is 0.381. The fourth-order valence-corrected chi connectivity index (χ4v) is 3.52. The maximum atomic E-state index is 13.1. The van der Waals surface area contributed by atoms with E-state index in [4.69, 9.17) is 4.74 Å². The van der Waals surface area contributed by atoms with E-state index < -0.39 is 0 Å². The van der Waals surface area contributed by atoms with Crippen molar-refractivity contribution in [2.75, 3.05) is 33.3 Å². The molecule has 3 aromatic rings. The van der Waals surface area contributed by atoms with Gasteiger partial charge in [0.25, 0.3) is 0 Å². The number of hydrogen-bond donors (Lipinski definition) is 1. The van der Waals surface area contributed by atoms with Gasteiger partial charge in [0.15, 0.2) is 5.96 Å². The van der Waals surface area contributed by atoms with Crippen LogP contribution >= 0.6 is 0 Å². The van der Waals surface area contributed by atoms with Crippen molar-refractivity contribution < 1.29 is 9.13 Å². The number of aliphatic imine (C=N–C) groups is 1. The van der Waals surface area contributed by atoms with Crippen LogP contribution in [0.1, 0.15) is 17.4 Å². The highest BCUT2D eigenvalue weighted by Crippen LogP contribution is 2.21. The first kappa shape index (κ1) is 20.1. The summed E-state index contributed by atoms with van der Waals surface area (Å²) in [6, 6.07) is 8.26. The predicted octanol–water partition coefficient (Wildman–Crippen LogP) is 1.94. The maximum Gasteiger partial charge on any atom is 0.193 e. The molecule has 158 valence electrons. The van der Waals surface area contributed by atoms with Crippen LogP contribution in [0, 0.1) is 5.82 Å². The summed E-state index contributed by atoms with van der Waals surface area (Å²) in [5.41, 5.74) is 2.86. The minimum absolute atomic E-state index is 0.0163. The number of nitrogens with one attached hydrogen (secondary N) is 1. The Labute approximate surface area is 175 Å². The van der Waals surface area contributed by atoms with Crippen LogP contribution in [0.4, 0.5) is 4.39 Å². The Morgan fingerprint density at radius 3 is 2.87 bits per heavy atom. The highest BCUT2D eigenvalue weighted by molar-refractivity contribution is 5.80. The van der Waals surface area contributed by atoms with Crippen LogP contribution in [0.5, 0.6) is 0 Å². The van der Waals surface area contributed by atoms with Gasteiger partial charge in [0.05, 0.1) is 30.7 Å². The number of morpholine rings is 1. The second-order valence-electron chi connectivity index (χ2n) is 7.20. The highest BCUT2D eigenvalue weighted by Gasteiger charge is 2.25. The zero-order chi connectivity index (χ0) is 20.9. The molecule has 0 bridgehead atoms. The first-order chi connectivity index (χ1) is 14.6. The van der Waals surface area contributed by atoms with E-state index in [0.29, 0.717) is 13.2 Å². The van der Waals surface area contributed by atoms with Crippen LogP contribution in [0.2, 0.25) is 0 Å². The smallest absolute Gasteiger partial charge is 0.193 e. The molecule has 1 saturated heterocycles. The SMILES string of the molecule is CN=C(NCCc1ccn(-c2ccc(F)cc2)n1)N1CCOC(c2cnn(C)c2)C1. The number of hydrogen-bond acceptors (Lipinski definition) is 4. The zero-order valence-corrected chi connectivity index (χ0v) is 17.2. The summed E-state index contributed by atoms with van der Waals surface area (Å²) < 4.78 is 22.5. The van der Waals surface area contributed by atoms with E-state index in [9.17, 15) is 4.39 Å². The van der Waals surface area contributed by atoms with E-state index in [2.05, 4.69) is 25.4 Å². The molecule has 0 saturated carbocycles. The Kier molecular flexibility index (Phi) is 6.08. The number of benzene rings is 1. The van der Waals surface area contributed by atoms with Gasteiger partial charge >= 0.3 is 0 Å². The second-order valence-corrected chi connectivity index (χ2v) is 7.20. The van der Waals surface area contributed by atoms with Crippen LogP contribution in [-0.4, -0.2) is 63.7 Å². The van der Waals surface area contributed by atoms with E-state index in [0.717, 1.165) is 42.4 Å². The van der Waals surface area contributed by atoms with Gasteiger partial charge in [-0.15, -0.1) is 0 Å². The zero-order valence-electron chi connectivity index (χ0n) is 17.2. The highest BCUT2D eigenvalue weighted by atomic mass is 19.1. The summed E-state index contributed by atoms with van der Waals surface area (Å²) in [5.74, 6) is 0.598. The average molecular weight is 411 g/mol. The molecule has 1 aromatic carbocycles. The molecule has 0 radical (unpaired) electrons. The molecule has 30 heavy (non-hydrogen) atoms. The molecule has 1 atom stereocenters. The van der Waals surface area contributed by atoms with Gasteiger partial charge in [-0.25, -0.2) is 9.07 Å². The summed E-state index contributed by atoms with van der Waals surface area (Å²) in [6.07, 6.45) is 6.46. The normalized spacial score (nSPS) is 17.4. The van der Waals surface area contributed by atoms with Crippen LogP contribution < -0.4 is 5.32 Å². The van der Waals surface area contributed by atoms with Crippen molar-refractivity contribution in [3.63, 3.8) is 0 Å². The number of guanidine groups is 1. The molecule has 1 aliphatic rings. The first-order valence-corrected chi connectivity index (χ1v) is 9.98. The summed E-state index contributed by atoms with van der Waals surface area (Å²) in [6.45, 7) is 2.87. The van der Waals surface area contributed by atoms with E-state index >= 15 is 0 Å². The van der Waals surface area contributed by atoms with Crippen LogP contribution in [-0.2, 0) is 18.2 Å². The van der Waals surface area contributed by atoms with Gasteiger partial charge in [-0.2, -0.15) is 10.2 Å². The lowest BCUT2D eigenvalue weighted by Gasteiger charge is -2.34. The molecule has 0 spiro atoms. The summed E-state index contributed by atoms with van der Waals surface area (Å²) >= 11 is 0. The quantitative estimate of drug-likeness (QED) is 0.513. The van der Waals surface area contributed by atoms with Gasteiger partial charge in [0.1, 0.15) is 11.9 Å². The Morgan fingerprint density at radius 1 is 1.30 bits per heavy atom. The molecule has 0 amide bonds.